The van der Waals surface area contributed by atoms with Crippen molar-refractivity contribution in [2.45, 2.75) is 39.5 Å². The number of rotatable bonds is 4. The Balaban J connectivity index is 2.01. The molecule has 1 fully saturated rings. The van der Waals surface area contributed by atoms with E-state index in [0.29, 0.717) is 11.8 Å². The molecule has 1 aliphatic heterocycles. The van der Waals surface area contributed by atoms with Crippen molar-refractivity contribution in [2.24, 2.45) is 5.92 Å². The highest BCUT2D eigenvalue weighted by molar-refractivity contribution is 5.97. The summed E-state index contributed by atoms with van der Waals surface area (Å²) in [6.07, 6.45) is 3.54. The molecule has 0 radical (unpaired) electrons. The van der Waals surface area contributed by atoms with E-state index in [0.717, 1.165) is 31.6 Å². The standard InChI is InChI=1S/C19H25N3O/c1-14(2)16-4-6-18(7-5-16)21-13-17(12-20)19(23)22-10-8-15(3)9-11-22/h4-7,13-15,21H,8-11H2,1-3H3/b17-13-. The van der Waals surface area contributed by atoms with Gasteiger partial charge in [-0.15, -0.1) is 0 Å². The van der Waals surface area contributed by atoms with Crippen molar-refractivity contribution >= 4 is 11.6 Å². The Labute approximate surface area is 138 Å². The van der Waals surface area contributed by atoms with Gasteiger partial charge in [0.1, 0.15) is 11.6 Å². The van der Waals surface area contributed by atoms with Crippen LogP contribution in [0.3, 0.4) is 0 Å². The van der Waals surface area contributed by atoms with E-state index in [9.17, 15) is 10.1 Å². The molecule has 1 aromatic carbocycles. The van der Waals surface area contributed by atoms with Crippen LogP contribution in [0.25, 0.3) is 0 Å². The monoisotopic (exact) mass is 311 g/mol. The van der Waals surface area contributed by atoms with Gasteiger partial charge in [0.05, 0.1) is 0 Å². The molecule has 1 saturated heterocycles. The lowest BCUT2D eigenvalue weighted by atomic mass is 9.99. The summed E-state index contributed by atoms with van der Waals surface area (Å²) in [5.41, 5.74) is 2.30. The summed E-state index contributed by atoms with van der Waals surface area (Å²) in [6.45, 7) is 7.97. The van der Waals surface area contributed by atoms with Crippen molar-refractivity contribution in [3.05, 3.63) is 41.6 Å². The number of likely N-dealkylation sites (tertiary alicyclic amines) is 1. The third kappa shape index (κ3) is 4.59. The van der Waals surface area contributed by atoms with Gasteiger partial charge < -0.3 is 10.2 Å². The second kappa shape index (κ2) is 7.82. The van der Waals surface area contributed by atoms with Crippen LogP contribution in [0.5, 0.6) is 0 Å². The predicted octanol–water partition coefficient (Wildman–Crippen LogP) is 3.89. The Hall–Kier alpha value is -2.28. The topological polar surface area (TPSA) is 56.1 Å². The molecule has 0 bridgehead atoms. The molecule has 1 aromatic rings. The average Bonchev–Trinajstić information content (AvgIpc) is 2.56. The largest absolute Gasteiger partial charge is 0.360 e. The molecule has 23 heavy (non-hydrogen) atoms. The van der Waals surface area contributed by atoms with E-state index in [2.05, 4.69) is 38.2 Å². The summed E-state index contributed by atoms with van der Waals surface area (Å²) >= 11 is 0. The lowest BCUT2D eigenvalue weighted by Gasteiger charge is -2.30. The van der Waals surface area contributed by atoms with E-state index in [4.69, 9.17) is 0 Å². The van der Waals surface area contributed by atoms with Gasteiger partial charge >= 0.3 is 0 Å². The summed E-state index contributed by atoms with van der Waals surface area (Å²) in [5, 5.41) is 12.3. The van der Waals surface area contributed by atoms with Crippen molar-refractivity contribution in [1.29, 1.82) is 5.26 Å². The highest BCUT2D eigenvalue weighted by atomic mass is 16.2. The maximum absolute atomic E-state index is 12.4. The lowest BCUT2D eigenvalue weighted by Crippen LogP contribution is -2.38. The van der Waals surface area contributed by atoms with Gasteiger partial charge in [-0.2, -0.15) is 5.26 Å². The maximum atomic E-state index is 12.4. The SMILES string of the molecule is CC1CCN(C(=O)/C(C#N)=C\Nc2ccc(C(C)C)cc2)CC1. The molecule has 0 aliphatic carbocycles. The maximum Gasteiger partial charge on any atom is 0.266 e. The number of piperidine rings is 1. The molecular weight excluding hydrogens is 286 g/mol. The molecule has 1 heterocycles. The average molecular weight is 311 g/mol. The molecule has 122 valence electrons. The highest BCUT2D eigenvalue weighted by Crippen LogP contribution is 2.19. The van der Waals surface area contributed by atoms with E-state index in [1.807, 2.05) is 18.2 Å². The predicted molar refractivity (Wildman–Crippen MR) is 92.8 cm³/mol. The van der Waals surface area contributed by atoms with Gasteiger partial charge in [-0.25, -0.2) is 0 Å². The van der Waals surface area contributed by atoms with Gasteiger partial charge in [-0.05, 0) is 42.4 Å². The fraction of sp³-hybridized carbons (Fsp3) is 0.474. The van der Waals surface area contributed by atoms with E-state index < -0.39 is 0 Å². The smallest absolute Gasteiger partial charge is 0.266 e. The molecule has 0 aromatic heterocycles. The molecule has 0 spiro atoms. The Morgan fingerprint density at radius 3 is 2.43 bits per heavy atom. The normalized spacial score (nSPS) is 16.3. The van der Waals surface area contributed by atoms with Crippen molar-refractivity contribution in [3.8, 4) is 6.07 Å². The first-order valence-electron chi connectivity index (χ1n) is 8.27. The second-order valence-electron chi connectivity index (χ2n) is 6.57. The van der Waals surface area contributed by atoms with Crippen molar-refractivity contribution < 1.29 is 4.79 Å². The van der Waals surface area contributed by atoms with Gasteiger partial charge in [0.25, 0.3) is 5.91 Å². The van der Waals surface area contributed by atoms with E-state index in [1.165, 1.54) is 11.8 Å². The Morgan fingerprint density at radius 2 is 1.91 bits per heavy atom. The number of nitriles is 1. The first-order valence-corrected chi connectivity index (χ1v) is 8.27. The summed E-state index contributed by atoms with van der Waals surface area (Å²) in [5.74, 6) is 0.967. The van der Waals surface area contributed by atoms with Gasteiger partial charge in [0, 0.05) is 25.0 Å². The molecule has 0 unspecified atom stereocenters. The molecule has 2 rings (SSSR count). The fourth-order valence-corrected chi connectivity index (χ4v) is 2.64. The highest BCUT2D eigenvalue weighted by Gasteiger charge is 2.22. The van der Waals surface area contributed by atoms with Crippen molar-refractivity contribution in [1.82, 2.24) is 4.90 Å². The summed E-state index contributed by atoms with van der Waals surface area (Å²) in [6, 6.07) is 10.1. The van der Waals surface area contributed by atoms with Crippen molar-refractivity contribution in [2.75, 3.05) is 18.4 Å². The Bertz CT molecular complexity index is 602. The number of benzene rings is 1. The van der Waals surface area contributed by atoms with Gasteiger partial charge in [0.15, 0.2) is 0 Å². The molecule has 4 nitrogen and oxygen atoms in total. The number of nitrogens with one attached hydrogen (secondary N) is 1. The lowest BCUT2D eigenvalue weighted by molar-refractivity contribution is -0.128. The molecule has 1 N–H and O–H groups in total. The van der Waals surface area contributed by atoms with Crippen LogP contribution in [0.2, 0.25) is 0 Å². The molecule has 1 aliphatic rings. The first kappa shape index (κ1) is 17.1. The molecule has 0 saturated carbocycles. The Kier molecular flexibility index (Phi) is 5.81. The minimum atomic E-state index is -0.175. The van der Waals surface area contributed by atoms with E-state index in [1.54, 1.807) is 4.90 Å². The van der Waals surface area contributed by atoms with Crippen LogP contribution in [0.15, 0.2) is 36.0 Å². The number of nitrogens with zero attached hydrogens (tertiary/aromatic N) is 2. The zero-order valence-corrected chi connectivity index (χ0v) is 14.2. The third-order valence-electron chi connectivity index (χ3n) is 4.38. The van der Waals surface area contributed by atoms with Crippen LogP contribution in [-0.4, -0.2) is 23.9 Å². The quantitative estimate of drug-likeness (QED) is 0.678. The van der Waals surface area contributed by atoms with Crippen LogP contribution in [-0.2, 0) is 4.79 Å². The summed E-state index contributed by atoms with van der Waals surface area (Å²) in [7, 11) is 0. The van der Waals surface area contributed by atoms with Crippen LogP contribution in [0.1, 0.15) is 45.1 Å². The number of hydrogen-bond acceptors (Lipinski definition) is 3. The summed E-state index contributed by atoms with van der Waals surface area (Å²) in [4.78, 5) is 14.2. The summed E-state index contributed by atoms with van der Waals surface area (Å²) < 4.78 is 0. The van der Waals surface area contributed by atoms with Gasteiger partial charge in [-0.1, -0.05) is 32.9 Å². The van der Waals surface area contributed by atoms with Crippen LogP contribution in [0.4, 0.5) is 5.69 Å². The fourth-order valence-electron chi connectivity index (χ4n) is 2.64. The zero-order chi connectivity index (χ0) is 16.8. The third-order valence-corrected chi connectivity index (χ3v) is 4.38. The molecule has 1 amide bonds. The number of hydrogen-bond donors (Lipinski definition) is 1. The first-order chi connectivity index (χ1) is 11.0. The Morgan fingerprint density at radius 1 is 1.30 bits per heavy atom. The van der Waals surface area contributed by atoms with Crippen molar-refractivity contribution in [3.63, 3.8) is 0 Å². The van der Waals surface area contributed by atoms with E-state index >= 15 is 0 Å². The molecular formula is C19H25N3O. The van der Waals surface area contributed by atoms with Crippen LogP contribution >= 0.6 is 0 Å². The number of carbonyl (C=O) groups excluding carboxylic acids is 1. The van der Waals surface area contributed by atoms with E-state index in [-0.39, 0.29) is 11.5 Å². The molecule has 0 atom stereocenters. The number of carbonyl (C=O) groups is 1. The minimum Gasteiger partial charge on any atom is -0.360 e. The van der Waals surface area contributed by atoms with Crippen LogP contribution in [0, 0.1) is 17.2 Å². The molecule has 4 heteroatoms. The van der Waals surface area contributed by atoms with Gasteiger partial charge in [-0.3, -0.25) is 4.79 Å². The number of anilines is 1. The number of amides is 1. The van der Waals surface area contributed by atoms with Gasteiger partial charge in [0.2, 0.25) is 0 Å². The van der Waals surface area contributed by atoms with Crippen LogP contribution < -0.4 is 5.32 Å². The minimum absolute atomic E-state index is 0.160. The second-order valence-corrected chi connectivity index (χ2v) is 6.57. The zero-order valence-electron chi connectivity index (χ0n) is 14.2.